The maximum absolute atomic E-state index is 9.01. The molecule has 3 nitrogen and oxygen atoms in total. The molecule has 1 aromatic carbocycles. The highest BCUT2D eigenvalue weighted by molar-refractivity contribution is 6.51. The third kappa shape index (κ3) is 2.09. The average molecular weight is 215 g/mol. The quantitative estimate of drug-likeness (QED) is 0.637. The minimum Gasteiger partial charge on any atom is -0.423 e. The van der Waals surface area contributed by atoms with Gasteiger partial charge in [0.1, 0.15) is 0 Å². The molecular weight excluding hydrogens is 201 g/mol. The summed E-state index contributed by atoms with van der Waals surface area (Å²) >= 11 is 0. The third-order valence-electron chi connectivity index (χ3n) is 2.86. The molecule has 2 rings (SSSR count). The van der Waals surface area contributed by atoms with Crippen molar-refractivity contribution in [2.45, 2.75) is 12.0 Å². The van der Waals surface area contributed by atoms with Gasteiger partial charge in [0.25, 0.3) is 0 Å². The molecule has 16 heavy (non-hydrogen) atoms. The summed E-state index contributed by atoms with van der Waals surface area (Å²) in [7, 11) is -1.42. The van der Waals surface area contributed by atoms with Crippen LogP contribution in [0, 0.1) is 0 Å². The monoisotopic (exact) mass is 215 g/mol. The van der Waals surface area contributed by atoms with Crippen molar-refractivity contribution < 1.29 is 10.0 Å². The predicted octanol–water partition coefficient (Wildman–Crippen LogP) is 0.739. The van der Waals surface area contributed by atoms with Crippen molar-refractivity contribution in [2.75, 3.05) is 0 Å². The van der Waals surface area contributed by atoms with Crippen LogP contribution in [0.1, 0.15) is 12.0 Å². The molecule has 0 amide bonds. The molecule has 1 atom stereocenters. The van der Waals surface area contributed by atoms with E-state index >= 15 is 0 Å². The Bertz CT molecular complexity index is 428. The Hall–Kier alpha value is -1.36. The topological polar surface area (TPSA) is 66.5 Å². The minimum absolute atomic E-state index is 0.497. The van der Waals surface area contributed by atoms with Gasteiger partial charge in [-0.1, -0.05) is 48.6 Å². The zero-order valence-electron chi connectivity index (χ0n) is 8.88. The van der Waals surface area contributed by atoms with Crippen LogP contribution in [-0.4, -0.2) is 17.2 Å². The van der Waals surface area contributed by atoms with Gasteiger partial charge in [0, 0.05) is 0 Å². The summed E-state index contributed by atoms with van der Waals surface area (Å²) in [5, 5.41) is 18.0. The molecule has 0 heterocycles. The van der Waals surface area contributed by atoms with Crippen molar-refractivity contribution in [2.24, 2.45) is 5.73 Å². The first kappa shape index (κ1) is 11.1. The van der Waals surface area contributed by atoms with Gasteiger partial charge >= 0.3 is 7.12 Å². The lowest BCUT2D eigenvalue weighted by Crippen LogP contribution is -2.36. The molecule has 0 saturated heterocycles. The van der Waals surface area contributed by atoms with Crippen molar-refractivity contribution >= 4 is 7.12 Å². The van der Waals surface area contributed by atoms with Crippen LogP contribution in [0.5, 0.6) is 0 Å². The fraction of sp³-hybridized carbons (Fsp3) is 0.167. The molecule has 4 heteroatoms. The molecule has 4 N–H and O–H groups in total. The minimum atomic E-state index is -1.42. The second-order valence-electron chi connectivity index (χ2n) is 4.02. The van der Waals surface area contributed by atoms with Gasteiger partial charge in [-0.05, 0) is 17.5 Å². The summed E-state index contributed by atoms with van der Waals surface area (Å²) in [6.07, 6.45) is 5.82. The van der Waals surface area contributed by atoms with E-state index in [1.165, 1.54) is 0 Å². The predicted molar refractivity (Wildman–Crippen MR) is 64.3 cm³/mol. The first-order valence-electron chi connectivity index (χ1n) is 5.22. The van der Waals surface area contributed by atoms with Crippen LogP contribution in [0.15, 0.2) is 54.0 Å². The lowest BCUT2D eigenvalue weighted by molar-refractivity contribution is 0.419. The number of benzene rings is 1. The lowest BCUT2D eigenvalue weighted by Gasteiger charge is -2.28. The molecule has 1 unspecified atom stereocenters. The first-order valence-corrected chi connectivity index (χ1v) is 5.22. The second kappa shape index (κ2) is 4.25. The number of hydrogen-bond donors (Lipinski definition) is 3. The number of hydrogen-bond acceptors (Lipinski definition) is 3. The molecule has 0 radical (unpaired) electrons. The summed E-state index contributed by atoms with van der Waals surface area (Å²) in [4.78, 5) is 0. The van der Waals surface area contributed by atoms with E-state index in [4.69, 9.17) is 15.8 Å². The largest absolute Gasteiger partial charge is 0.488 e. The lowest BCUT2D eigenvalue weighted by atomic mass is 9.72. The van der Waals surface area contributed by atoms with Crippen LogP contribution >= 0.6 is 0 Å². The SMILES string of the molecule is NC1(c2ccccc2)C=CC(B(O)O)=CC1. The number of rotatable bonds is 2. The Kier molecular flexibility index (Phi) is 2.96. The summed E-state index contributed by atoms with van der Waals surface area (Å²) < 4.78 is 0. The van der Waals surface area contributed by atoms with E-state index in [2.05, 4.69) is 0 Å². The van der Waals surface area contributed by atoms with E-state index in [1.807, 2.05) is 36.4 Å². The van der Waals surface area contributed by atoms with Crippen LogP contribution in [0.4, 0.5) is 0 Å². The van der Waals surface area contributed by atoms with Gasteiger partial charge in [0.2, 0.25) is 0 Å². The standard InChI is InChI=1S/C12H14BNO2/c14-12(10-4-2-1-3-5-10)8-6-11(7-9-12)13(15)16/h1-8,15-16H,9,14H2. The zero-order chi connectivity index (χ0) is 11.6. The van der Waals surface area contributed by atoms with Crippen molar-refractivity contribution in [3.63, 3.8) is 0 Å². The Morgan fingerprint density at radius 2 is 1.88 bits per heavy atom. The van der Waals surface area contributed by atoms with Crippen LogP contribution in [0.25, 0.3) is 0 Å². The highest BCUT2D eigenvalue weighted by Gasteiger charge is 2.27. The first-order chi connectivity index (χ1) is 7.62. The van der Waals surface area contributed by atoms with Crippen molar-refractivity contribution in [3.05, 3.63) is 59.6 Å². The van der Waals surface area contributed by atoms with E-state index < -0.39 is 12.7 Å². The van der Waals surface area contributed by atoms with E-state index in [0.717, 1.165) is 5.56 Å². The van der Waals surface area contributed by atoms with E-state index in [1.54, 1.807) is 12.2 Å². The third-order valence-corrected chi connectivity index (χ3v) is 2.86. The zero-order valence-corrected chi connectivity index (χ0v) is 8.88. The molecule has 82 valence electrons. The molecule has 0 bridgehead atoms. The van der Waals surface area contributed by atoms with Crippen molar-refractivity contribution in [1.29, 1.82) is 0 Å². The Balaban J connectivity index is 2.24. The fourth-order valence-corrected chi connectivity index (χ4v) is 1.82. The average Bonchev–Trinajstić information content (AvgIpc) is 2.31. The Morgan fingerprint density at radius 3 is 2.38 bits per heavy atom. The second-order valence-corrected chi connectivity index (χ2v) is 4.02. The maximum atomic E-state index is 9.01. The van der Waals surface area contributed by atoms with Gasteiger partial charge in [0.15, 0.2) is 0 Å². The van der Waals surface area contributed by atoms with Gasteiger partial charge in [-0.25, -0.2) is 0 Å². The van der Waals surface area contributed by atoms with Gasteiger partial charge < -0.3 is 15.8 Å². The Morgan fingerprint density at radius 1 is 1.19 bits per heavy atom. The highest BCUT2D eigenvalue weighted by atomic mass is 16.4. The molecule has 1 aliphatic carbocycles. The molecule has 0 aliphatic heterocycles. The molecule has 0 saturated carbocycles. The summed E-state index contributed by atoms with van der Waals surface area (Å²) in [5.41, 5.74) is 7.23. The van der Waals surface area contributed by atoms with Crippen LogP contribution in [0.2, 0.25) is 0 Å². The van der Waals surface area contributed by atoms with Gasteiger partial charge in [0.05, 0.1) is 5.54 Å². The normalized spacial score (nSPS) is 24.1. The fourth-order valence-electron chi connectivity index (χ4n) is 1.82. The van der Waals surface area contributed by atoms with Gasteiger partial charge in [-0.15, -0.1) is 0 Å². The number of allylic oxidation sites excluding steroid dienone is 2. The molecule has 1 aromatic rings. The molecule has 0 fully saturated rings. The molecule has 0 aromatic heterocycles. The molecular formula is C12H14BNO2. The van der Waals surface area contributed by atoms with E-state index in [9.17, 15) is 0 Å². The van der Waals surface area contributed by atoms with Crippen LogP contribution in [0.3, 0.4) is 0 Å². The Labute approximate surface area is 95.1 Å². The van der Waals surface area contributed by atoms with Gasteiger partial charge in [-0.3, -0.25) is 0 Å². The van der Waals surface area contributed by atoms with Crippen LogP contribution < -0.4 is 5.73 Å². The van der Waals surface area contributed by atoms with Gasteiger partial charge in [-0.2, -0.15) is 0 Å². The van der Waals surface area contributed by atoms with Crippen molar-refractivity contribution in [1.82, 2.24) is 0 Å². The highest BCUT2D eigenvalue weighted by Crippen LogP contribution is 2.28. The molecule has 1 aliphatic rings. The summed E-state index contributed by atoms with van der Waals surface area (Å²) in [6.45, 7) is 0. The summed E-state index contributed by atoms with van der Waals surface area (Å²) in [6, 6.07) is 9.77. The summed E-state index contributed by atoms with van der Waals surface area (Å²) in [5.74, 6) is 0. The maximum Gasteiger partial charge on any atom is 0.488 e. The van der Waals surface area contributed by atoms with Crippen LogP contribution in [-0.2, 0) is 5.54 Å². The number of nitrogens with two attached hydrogens (primary N) is 1. The smallest absolute Gasteiger partial charge is 0.423 e. The van der Waals surface area contributed by atoms with E-state index in [-0.39, 0.29) is 0 Å². The molecule has 0 spiro atoms. The van der Waals surface area contributed by atoms with E-state index in [0.29, 0.717) is 11.9 Å². The van der Waals surface area contributed by atoms with Crippen molar-refractivity contribution in [3.8, 4) is 0 Å².